The minimum absolute atomic E-state index is 0.527. The van der Waals surface area contributed by atoms with E-state index in [1.807, 2.05) is 18.3 Å². The van der Waals surface area contributed by atoms with Gasteiger partial charge >= 0.3 is 0 Å². The highest BCUT2D eigenvalue weighted by Gasteiger charge is 2.40. The van der Waals surface area contributed by atoms with Crippen LogP contribution in [0.3, 0.4) is 0 Å². The highest BCUT2D eigenvalue weighted by molar-refractivity contribution is 5.49. The Morgan fingerprint density at radius 1 is 1.41 bits per heavy atom. The van der Waals surface area contributed by atoms with E-state index < -0.39 is 0 Å². The van der Waals surface area contributed by atoms with E-state index in [2.05, 4.69) is 24.1 Å². The molecule has 1 fully saturated rings. The molecule has 94 valence electrons. The number of hydrogen-bond acceptors (Lipinski definition) is 3. The molecule has 0 radical (unpaired) electrons. The summed E-state index contributed by atoms with van der Waals surface area (Å²) in [5, 5.41) is 3.44. The van der Waals surface area contributed by atoms with Crippen molar-refractivity contribution in [2.75, 3.05) is 18.5 Å². The lowest BCUT2D eigenvalue weighted by molar-refractivity contribution is 0.317. The highest BCUT2D eigenvalue weighted by Crippen LogP contribution is 2.48. The molecule has 0 atom stereocenters. The Labute approximate surface area is 104 Å². The SMILES string of the molecule is CCCOc1cccnc1NCC1(CC)CC1. The molecule has 0 bridgehead atoms. The minimum atomic E-state index is 0.527. The topological polar surface area (TPSA) is 34.1 Å². The van der Waals surface area contributed by atoms with E-state index in [1.165, 1.54) is 19.3 Å². The van der Waals surface area contributed by atoms with E-state index in [0.717, 1.165) is 31.1 Å². The maximum absolute atomic E-state index is 5.68. The van der Waals surface area contributed by atoms with Gasteiger partial charge in [0.15, 0.2) is 11.6 Å². The van der Waals surface area contributed by atoms with Crippen LogP contribution >= 0.6 is 0 Å². The first-order chi connectivity index (χ1) is 8.29. The third-order valence-corrected chi connectivity index (χ3v) is 3.57. The average Bonchev–Trinajstić information content (AvgIpc) is 3.15. The van der Waals surface area contributed by atoms with Gasteiger partial charge in [-0.3, -0.25) is 0 Å². The molecule has 1 aromatic heterocycles. The Kier molecular flexibility index (Phi) is 3.87. The molecule has 0 amide bonds. The minimum Gasteiger partial charge on any atom is -0.490 e. The van der Waals surface area contributed by atoms with Crippen LogP contribution in [-0.4, -0.2) is 18.1 Å². The highest BCUT2D eigenvalue weighted by atomic mass is 16.5. The van der Waals surface area contributed by atoms with Crippen LogP contribution in [0.15, 0.2) is 18.3 Å². The van der Waals surface area contributed by atoms with E-state index in [-0.39, 0.29) is 0 Å². The van der Waals surface area contributed by atoms with Gasteiger partial charge in [0.25, 0.3) is 0 Å². The van der Waals surface area contributed by atoms with E-state index >= 15 is 0 Å². The van der Waals surface area contributed by atoms with Gasteiger partial charge < -0.3 is 10.1 Å². The summed E-state index contributed by atoms with van der Waals surface area (Å²) < 4.78 is 5.68. The lowest BCUT2D eigenvalue weighted by Crippen LogP contribution is -2.15. The molecule has 0 saturated heterocycles. The first-order valence-electron chi connectivity index (χ1n) is 6.61. The smallest absolute Gasteiger partial charge is 0.168 e. The second kappa shape index (κ2) is 5.39. The molecule has 1 heterocycles. The molecule has 0 spiro atoms. The molecular weight excluding hydrogens is 212 g/mol. The molecule has 1 saturated carbocycles. The zero-order chi connectivity index (χ0) is 12.1. The third-order valence-electron chi connectivity index (χ3n) is 3.57. The molecule has 0 aliphatic heterocycles. The number of pyridine rings is 1. The van der Waals surface area contributed by atoms with Crippen LogP contribution in [0.4, 0.5) is 5.82 Å². The first kappa shape index (κ1) is 12.2. The number of anilines is 1. The predicted molar refractivity (Wildman–Crippen MR) is 70.5 cm³/mol. The largest absolute Gasteiger partial charge is 0.490 e. The van der Waals surface area contributed by atoms with Gasteiger partial charge in [-0.15, -0.1) is 0 Å². The zero-order valence-corrected chi connectivity index (χ0v) is 10.8. The van der Waals surface area contributed by atoms with Crippen molar-refractivity contribution < 1.29 is 4.74 Å². The van der Waals surface area contributed by atoms with Crippen molar-refractivity contribution in [2.24, 2.45) is 5.41 Å². The molecule has 1 aliphatic rings. The third kappa shape index (κ3) is 3.11. The molecule has 3 heteroatoms. The van der Waals surface area contributed by atoms with Crippen LogP contribution in [0.1, 0.15) is 39.5 Å². The van der Waals surface area contributed by atoms with E-state index in [4.69, 9.17) is 4.74 Å². The Hall–Kier alpha value is -1.25. The summed E-state index contributed by atoms with van der Waals surface area (Å²) in [4.78, 5) is 4.36. The number of aromatic nitrogens is 1. The van der Waals surface area contributed by atoms with Crippen molar-refractivity contribution in [1.82, 2.24) is 4.98 Å². The normalized spacial score (nSPS) is 16.6. The molecular formula is C14H22N2O. The maximum Gasteiger partial charge on any atom is 0.168 e. The maximum atomic E-state index is 5.68. The zero-order valence-electron chi connectivity index (χ0n) is 10.8. The van der Waals surface area contributed by atoms with Crippen LogP contribution in [0, 0.1) is 5.41 Å². The van der Waals surface area contributed by atoms with Gasteiger partial charge in [-0.05, 0) is 43.2 Å². The number of nitrogens with zero attached hydrogens (tertiary/aromatic N) is 1. The molecule has 0 aromatic carbocycles. The first-order valence-corrected chi connectivity index (χ1v) is 6.61. The second-order valence-corrected chi connectivity index (χ2v) is 4.91. The number of rotatable bonds is 7. The summed E-state index contributed by atoms with van der Waals surface area (Å²) in [7, 11) is 0. The fraction of sp³-hybridized carbons (Fsp3) is 0.643. The molecule has 1 aromatic rings. The van der Waals surface area contributed by atoms with E-state index in [1.54, 1.807) is 0 Å². The van der Waals surface area contributed by atoms with Gasteiger partial charge in [0.2, 0.25) is 0 Å². The summed E-state index contributed by atoms with van der Waals surface area (Å²) in [6, 6.07) is 3.90. The van der Waals surface area contributed by atoms with Crippen LogP contribution in [0.2, 0.25) is 0 Å². The van der Waals surface area contributed by atoms with Gasteiger partial charge in [0.05, 0.1) is 6.61 Å². The predicted octanol–water partition coefficient (Wildman–Crippen LogP) is 3.47. The molecule has 2 rings (SSSR count). The Bertz CT molecular complexity index is 361. The van der Waals surface area contributed by atoms with E-state index in [0.29, 0.717) is 5.41 Å². The van der Waals surface area contributed by atoms with Crippen LogP contribution in [0.25, 0.3) is 0 Å². The number of ether oxygens (including phenoxy) is 1. The molecule has 1 aliphatic carbocycles. The second-order valence-electron chi connectivity index (χ2n) is 4.91. The summed E-state index contributed by atoms with van der Waals surface area (Å²) in [5.41, 5.74) is 0.527. The van der Waals surface area contributed by atoms with Gasteiger partial charge in [-0.25, -0.2) is 4.98 Å². The fourth-order valence-corrected chi connectivity index (χ4v) is 1.96. The lowest BCUT2D eigenvalue weighted by Gasteiger charge is -2.16. The van der Waals surface area contributed by atoms with Crippen molar-refractivity contribution >= 4 is 5.82 Å². The fourth-order valence-electron chi connectivity index (χ4n) is 1.96. The molecule has 0 unspecified atom stereocenters. The Morgan fingerprint density at radius 3 is 2.88 bits per heavy atom. The van der Waals surface area contributed by atoms with Crippen molar-refractivity contribution in [3.63, 3.8) is 0 Å². The molecule has 17 heavy (non-hydrogen) atoms. The Morgan fingerprint density at radius 2 is 2.24 bits per heavy atom. The lowest BCUT2D eigenvalue weighted by atomic mass is 10.0. The van der Waals surface area contributed by atoms with Crippen molar-refractivity contribution in [3.05, 3.63) is 18.3 Å². The summed E-state index contributed by atoms with van der Waals surface area (Å²) >= 11 is 0. The number of nitrogens with one attached hydrogen (secondary N) is 1. The van der Waals surface area contributed by atoms with Gasteiger partial charge in [0.1, 0.15) is 0 Å². The van der Waals surface area contributed by atoms with Gasteiger partial charge in [-0.1, -0.05) is 13.8 Å². The van der Waals surface area contributed by atoms with Crippen molar-refractivity contribution in [3.8, 4) is 5.75 Å². The standard InChI is InChI=1S/C14H22N2O/c1-3-10-17-12-6-5-9-15-13(12)16-11-14(4-2)7-8-14/h5-6,9H,3-4,7-8,10-11H2,1-2H3,(H,15,16). The van der Waals surface area contributed by atoms with Gasteiger partial charge in [0, 0.05) is 12.7 Å². The quantitative estimate of drug-likeness (QED) is 0.784. The van der Waals surface area contributed by atoms with Crippen molar-refractivity contribution in [2.45, 2.75) is 39.5 Å². The molecule has 3 nitrogen and oxygen atoms in total. The molecule has 1 N–H and O–H groups in total. The van der Waals surface area contributed by atoms with Crippen LogP contribution in [0.5, 0.6) is 5.75 Å². The van der Waals surface area contributed by atoms with Crippen molar-refractivity contribution in [1.29, 1.82) is 0 Å². The average molecular weight is 234 g/mol. The van der Waals surface area contributed by atoms with E-state index in [9.17, 15) is 0 Å². The summed E-state index contributed by atoms with van der Waals surface area (Å²) in [6.45, 7) is 6.14. The summed E-state index contributed by atoms with van der Waals surface area (Å²) in [6.07, 6.45) is 6.76. The summed E-state index contributed by atoms with van der Waals surface area (Å²) in [5.74, 6) is 1.77. The number of hydrogen-bond donors (Lipinski definition) is 1. The van der Waals surface area contributed by atoms with Crippen LogP contribution < -0.4 is 10.1 Å². The Balaban J connectivity index is 1.94. The monoisotopic (exact) mass is 234 g/mol. The van der Waals surface area contributed by atoms with Gasteiger partial charge in [-0.2, -0.15) is 0 Å². The van der Waals surface area contributed by atoms with Crippen LogP contribution in [-0.2, 0) is 0 Å².